The van der Waals surface area contributed by atoms with Crippen LogP contribution >= 0.6 is 0 Å². The van der Waals surface area contributed by atoms with Crippen molar-refractivity contribution in [3.63, 3.8) is 0 Å². The molecule has 0 aromatic heterocycles. The zero-order valence-corrected chi connectivity index (χ0v) is 14.0. The van der Waals surface area contributed by atoms with Gasteiger partial charge in [-0.1, -0.05) is 30.3 Å². The highest BCUT2D eigenvalue weighted by Crippen LogP contribution is 2.30. The molecule has 0 fully saturated rings. The van der Waals surface area contributed by atoms with Gasteiger partial charge in [0, 0.05) is 17.8 Å². The van der Waals surface area contributed by atoms with Crippen molar-refractivity contribution in [2.45, 2.75) is 25.8 Å². The van der Waals surface area contributed by atoms with Gasteiger partial charge in [0.15, 0.2) is 6.61 Å². The van der Waals surface area contributed by atoms with Crippen molar-refractivity contribution in [1.29, 1.82) is 0 Å². The summed E-state index contributed by atoms with van der Waals surface area (Å²) in [5, 5.41) is 8.43. The van der Waals surface area contributed by atoms with Gasteiger partial charge in [0.1, 0.15) is 5.75 Å². The number of carbonyl (C=O) groups excluding carboxylic acids is 2. The predicted octanol–water partition coefficient (Wildman–Crippen LogP) is 3.16. The fraction of sp³-hybridized carbons (Fsp3) is 0.263. The molecule has 2 aromatic rings. The first-order chi connectivity index (χ1) is 12.1. The number of hydrogen-bond donors (Lipinski definition) is 3. The van der Waals surface area contributed by atoms with Gasteiger partial charge in [-0.15, -0.1) is 0 Å². The van der Waals surface area contributed by atoms with E-state index in [1.54, 1.807) is 18.2 Å². The van der Waals surface area contributed by atoms with Gasteiger partial charge in [-0.25, -0.2) is 4.79 Å². The third kappa shape index (κ3) is 4.73. The van der Waals surface area contributed by atoms with E-state index < -0.39 is 0 Å². The lowest BCUT2D eigenvalue weighted by atomic mass is 10.1. The fourth-order valence-electron chi connectivity index (χ4n) is 2.64. The second-order valence-corrected chi connectivity index (χ2v) is 6.07. The van der Waals surface area contributed by atoms with Crippen LogP contribution in [0.25, 0.3) is 0 Å². The summed E-state index contributed by atoms with van der Waals surface area (Å²) in [5.74, 6) is 0.368. The Hall–Kier alpha value is -3.02. The highest BCUT2D eigenvalue weighted by atomic mass is 16.5. The smallest absolute Gasteiger partial charge is 0.319 e. The molecule has 1 unspecified atom stereocenters. The molecule has 0 radical (unpaired) electrons. The molecule has 0 spiro atoms. The summed E-state index contributed by atoms with van der Waals surface area (Å²) in [6.45, 7) is 1.97. The average molecular weight is 339 g/mol. The highest BCUT2D eigenvalue weighted by Gasteiger charge is 2.16. The zero-order chi connectivity index (χ0) is 17.6. The van der Waals surface area contributed by atoms with E-state index in [-0.39, 0.29) is 24.6 Å². The number of rotatable bonds is 5. The Morgan fingerprint density at radius 1 is 1.24 bits per heavy atom. The maximum Gasteiger partial charge on any atom is 0.319 e. The lowest BCUT2D eigenvalue weighted by Gasteiger charge is -2.19. The molecule has 0 saturated heterocycles. The Bertz CT molecular complexity index is 762. The van der Waals surface area contributed by atoms with E-state index in [0.717, 1.165) is 12.8 Å². The number of hydrogen-bond acceptors (Lipinski definition) is 3. The Morgan fingerprint density at radius 3 is 2.84 bits per heavy atom. The standard InChI is InChI=1S/C19H21N3O3/c1-13(7-8-14-5-3-2-4-6-14)20-19(24)21-15-9-10-16-17(11-15)25-12-18(23)22-16/h2-6,9-11,13H,7-8,12H2,1H3,(H,22,23)(H2,20,21,24). The van der Waals surface area contributed by atoms with Crippen molar-refractivity contribution in [2.75, 3.05) is 17.2 Å². The number of benzene rings is 2. The van der Waals surface area contributed by atoms with E-state index in [0.29, 0.717) is 17.1 Å². The number of anilines is 2. The molecule has 1 heterocycles. The third-order valence-corrected chi connectivity index (χ3v) is 3.96. The van der Waals surface area contributed by atoms with Crippen molar-refractivity contribution in [2.24, 2.45) is 0 Å². The number of urea groups is 1. The normalized spacial score (nSPS) is 13.9. The summed E-state index contributed by atoms with van der Waals surface area (Å²) in [6, 6.07) is 15.1. The average Bonchev–Trinajstić information content (AvgIpc) is 2.61. The van der Waals surface area contributed by atoms with E-state index in [2.05, 4.69) is 28.1 Å². The summed E-state index contributed by atoms with van der Waals surface area (Å²) in [5.41, 5.74) is 2.48. The molecule has 2 aromatic carbocycles. The molecule has 1 aliphatic heterocycles. The fourth-order valence-corrected chi connectivity index (χ4v) is 2.64. The molecule has 6 nitrogen and oxygen atoms in total. The first-order valence-corrected chi connectivity index (χ1v) is 8.28. The van der Waals surface area contributed by atoms with Crippen LogP contribution in [0.1, 0.15) is 18.9 Å². The number of aryl methyl sites for hydroxylation is 1. The van der Waals surface area contributed by atoms with Crippen LogP contribution in [0.5, 0.6) is 5.75 Å². The molecule has 3 amide bonds. The van der Waals surface area contributed by atoms with E-state index in [1.807, 2.05) is 25.1 Å². The second-order valence-electron chi connectivity index (χ2n) is 6.07. The SMILES string of the molecule is CC(CCc1ccccc1)NC(=O)Nc1ccc2c(c1)OCC(=O)N2. The van der Waals surface area contributed by atoms with Gasteiger partial charge in [-0.3, -0.25) is 4.79 Å². The van der Waals surface area contributed by atoms with Crippen molar-refractivity contribution in [3.05, 3.63) is 54.1 Å². The van der Waals surface area contributed by atoms with Crippen LogP contribution in [0, 0.1) is 0 Å². The van der Waals surface area contributed by atoms with Gasteiger partial charge in [-0.2, -0.15) is 0 Å². The summed E-state index contributed by atoms with van der Waals surface area (Å²) in [4.78, 5) is 23.4. The van der Waals surface area contributed by atoms with Gasteiger partial charge < -0.3 is 20.7 Å². The second kappa shape index (κ2) is 7.70. The molecule has 0 saturated carbocycles. The monoisotopic (exact) mass is 339 g/mol. The van der Waals surface area contributed by atoms with Crippen molar-refractivity contribution in [1.82, 2.24) is 5.32 Å². The number of amides is 3. The van der Waals surface area contributed by atoms with Gasteiger partial charge >= 0.3 is 6.03 Å². The van der Waals surface area contributed by atoms with Crippen LogP contribution in [-0.2, 0) is 11.2 Å². The van der Waals surface area contributed by atoms with Crippen LogP contribution < -0.4 is 20.7 Å². The van der Waals surface area contributed by atoms with Crippen LogP contribution in [0.3, 0.4) is 0 Å². The van der Waals surface area contributed by atoms with Crippen LogP contribution in [0.2, 0.25) is 0 Å². The van der Waals surface area contributed by atoms with Crippen molar-refractivity contribution in [3.8, 4) is 5.75 Å². The molecular weight excluding hydrogens is 318 g/mol. The number of ether oxygens (including phenoxy) is 1. The first-order valence-electron chi connectivity index (χ1n) is 8.28. The third-order valence-electron chi connectivity index (χ3n) is 3.96. The van der Waals surface area contributed by atoms with Crippen molar-refractivity contribution < 1.29 is 14.3 Å². The van der Waals surface area contributed by atoms with E-state index in [9.17, 15) is 9.59 Å². The molecule has 3 N–H and O–H groups in total. The Morgan fingerprint density at radius 2 is 2.04 bits per heavy atom. The van der Waals surface area contributed by atoms with Crippen LogP contribution in [-0.4, -0.2) is 24.6 Å². The van der Waals surface area contributed by atoms with E-state index in [1.165, 1.54) is 5.56 Å². The van der Waals surface area contributed by atoms with Crippen LogP contribution in [0.15, 0.2) is 48.5 Å². The summed E-state index contributed by atoms with van der Waals surface area (Å²) < 4.78 is 5.34. The maximum atomic E-state index is 12.1. The lowest BCUT2D eigenvalue weighted by Crippen LogP contribution is -2.36. The van der Waals surface area contributed by atoms with E-state index in [4.69, 9.17) is 4.74 Å². The van der Waals surface area contributed by atoms with E-state index >= 15 is 0 Å². The number of nitrogens with one attached hydrogen (secondary N) is 3. The van der Waals surface area contributed by atoms with Gasteiger partial charge in [-0.05, 0) is 37.5 Å². The van der Waals surface area contributed by atoms with Gasteiger partial charge in [0.25, 0.3) is 5.91 Å². The molecule has 6 heteroatoms. The summed E-state index contributed by atoms with van der Waals surface area (Å²) in [6.07, 6.45) is 1.77. The minimum atomic E-state index is -0.264. The molecule has 130 valence electrons. The first kappa shape index (κ1) is 16.8. The van der Waals surface area contributed by atoms with Crippen molar-refractivity contribution >= 4 is 23.3 Å². The Kier molecular flexibility index (Phi) is 5.18. The van der Waals surface area contributed by atoms with Gasteiger partial charge in [0.2, 0.25) is 0 Å². The Labute approximate surface area is 146 Å². The lowest BCUT2D eigenvalue weighted by molar-refractivity contribution is -0.118. The summed E-state index contributed by atoms with van der Waals surface area (Å²) >= 11 is 0. The van der Waals surface area contributed by atoms with Crippen LogP contribution in [0.4, 0.5) is 16.2 Å². The predicted molar refractivity (Wildman–Crippen MR) is 96.9 cm³/mol. The quantitative estimate of drug-likeness (QED) is 0.783. The maximum absolute atomic E-state index is 12.1. The molecular formula is C19H21N3O3. The molecule has 0 aliphatic carbocycles. The largest absolute Gasteiger partial charge is 0.482 e. The zero-order valence-electron chi connectivity index (χ0n) is 14.0. The topological polar surface area (TPSA) is 79.5 Å². The molecule has 25 heavy (non-hydrogen) atoms. The minimum absolute atomic E-state index is 0.0147. The highest BCUT2D eigenvalue weighted by molar-refractivity contribution is 5.96. The number of carbonyl (C=O) groups is 2. The van der Waals surface area contributed by atoms with Gasteiger partial charge in [0.05, 0.1) is 5.69 Å². The Balaban J connectivity index is 1.49. The molecule has 1 atom stereocenters. The molecule has 3 rings (SSSR count). The number of fused-ring (bicyclic) bond motifs is 1. The molecule has 0 bridgehead atoms. The minimum Gasteiger partial charge on any atom is -0.482 e. The molecule has 1 aliphatic rings. The summed E-state index contributed by atoms with van der Waals surface area (Å²) in [7, 11) is 0.